The van der Waals surface area contributed by atoms with Crippen LogP contribution < -0.4 is 10.1 Å². The van der Waals surface area contributed by atoms with Crippen molar-refractivity contribution in [3.63, 3.8) is 0 Å². The number of benzene rings is 1. The predicted molar refractivity (Wildman–Crippen MR) is 54.9 cm³/mol. The molecule has 0 aliphatic carbocycles. The molecular formula is C11H14N2O. The molecule has 0 spiro atoms. The Morgan fingerprint density at radius 3 is 3.07 bits per heavy atom. The zero-order valence-electron chi connectivity index (χ0n) is 8.29. The lowest BCUT2D eigenvalue weighted by Gasteiger charge is -2.05. The highest BCUT2D eigenvalue weighted by molar-refractivity contribution is 5.28. The van der Waals surface area contributed by atoms with E-state index in [1.807, 2.05) is 30.3 Å². The third-order valence-electron chi connectivity index (χ3n) is 1.78. The Morgan fingerprint density at radius 2 is 2.36 bits per heavy atom. The summed E-state index contributed by atoms with van der Waals surface area (Å²) in [6.07, 6.45) is 0. The van der Waals surface area contributed by atoms with E-state index in [-0.39, 0.29) is 6.61 Å². The van der Waals surface area contributed by atoms with E-state index in [1.165, 1.54) is 5.56 Å². The highest BCUT2D eigenvalue weighted by Gasteiger charge is 1.95. The zero-order chi connectivity index (χ0) is 10.2. The molecule has 0 aliphatic heterocycles. The number of rotatable bonds is 5. The quantitative estimate of drug-likeness (QED) is 0.768. The number of nitriles is 1. The summed E-state index contributed by atoms with van der Waals surface area (Å²) in [5.74, 6) is 0.752. The number of hydrogen-bond acceptors (Lipinski definition) is 3. The molecule has 0 aliphatic rings. The minimum Gasteiger partial charge on any atom is -0.479 e. The molecule has 1 aromatic rings. The summed E-state index contributed by atoms with van der Waals surface area (Å²) in [5.41, 5.74) is 1.17. The lowest BCUT2D eigenvalue weighted by atomic mass is 10.2. The molecule has 0 atom stereocenters. The van der Waals surface area contributed by atoms with Gasteiger partial charge in [0.25, 0.3) is 0 Å². The molecule has 0 aromatic heterocycles. The van der Waals surface area contributed by atoms with Crippen LogP contribution >= 0.6 is 0 Å². The summed E-state index contributed by atoms with van der Waals surface area (Å²) in [4.78, 5) is 0. The lowest BCUT2D eigenvalue weighted by Crippen LogP contribution is -2.11. The van der Waals surface area contributed by atoms with Crippen LogP contribution in [-0.4, -0.2) is 13.2 Å². The van der Waals surface area contributed by atoms with Gasteiger partial charge in [0.2, 0.25) is 0 Å². The Kier molecular flexibility index (Phi) is 4.53. The molecule has 0 amide bonds. The second-order valence-electron chi connectivity index (χ2n) is 2.87. The molecule has 0 saturated heterocycles. The Morgan fingerprint density at radius 1 is 1.50 bits per heavy atom. The van der Waals surface area contributed by atoms with Crippen molar-refractivity contribution in [1.29, 1.82) is 5.26 Å². The minimum absolute atomic E-state index is 0.102. The summed E-state index contributed by atoms with van der Waals surface area (Å²) >= 11 is 0. The van der Waals surface area contributed by atoms with Crippen molar-refractivity contribution in [1.82, 2.24) is 5.32 Å². The van der Waals surface area contributed by atoms with E-state index in [2.05, 4.69) is 12.2 Å². The van der Waals surface area contributed by atoms with Crippen molar-refractivity contribution in [2.24, 2.45) is 0 Å². The third kappa shape index (κ3) is 3.46. The van der Waals surface area contributed by atoms with Gasteiger partial charge in [-0.15, -0.1) is 0 Å². The van der Waals surface area contributed by atoms with E-state index in [4.69, 9.17) is 10.00 Å². The maximum Gasteiger partial charge on any atom is 0.174 e. The van der Waals surface area contributed by atoms with E-state index < -0.39 is 0 Å². The van der Waals surface area contributed by atoms with Crippen molar-refractivity contribution in [3.05, 3.63) is 29.8 Å². The Hall–Kier alpha value is -1.53. The summed E-state index contributed by atoms with van der Waals surface area (Å²) in [5, 5.41) is 11.6. The minimum atomic E-state index is 0.102. The number of nitrogens with one attached hydrogen (secondary N) is 1. The van der Waals surface area contributed by atoms with Gasteiger partial charge in [-0.2, -0.15) is 5.26 Å². The predicted octanol–water partition coefficient (Wildman–Crippen LogP) is 1.70. The van der Waals surface area contributed by atoms with Gasteiger partial charge in [-0.3, -0.25) is 0 Å². The number of ether oxygens (including phenoxy) is 1. The first kappa shape index (κ1) is 10.6. The monoisotopic (exact) mass is 190 g/mol. The van der Waals surface area contributed by atoms with Crippen molar-refractivity contribution in [2.45, 2.75) is 13.5 Å². The molecule has 1 N–H and O–H groups in total. The van der Waals surface area contributed by atoms with Crippen LogP contribution in [0.5, 0.6) is 5.75 Å². The summed E-state index contributed by atoms with van der Waals surface area (Å²) in [7, 11) is 0. The molecule has 3 nitrogen and oxygen atoms in total. The SMILES string of the molecule is CCNCc1cccc(OCC#N)c1. The molecule has 0 bridgehead atoms. The first-order chi connectivity index (χ1) is 6.86. The van der Waals surface area contributed by atoms with Crippen LogP contribution in [0, 0.1) is 11.3 Å². The summed E-state index contributed by atoms with van der Waals surface area (Å²) < 4.78 is 5.19. The average Bonchev–Trinajstić information content (AvgIpc) is 2.24. The van der Waals surface area contributed by atoms with Crippen molar-refractivity contribution >= 4 is 0 Å². The molecule has 0 saturated carbocycles. The lowest BCUT2D eigenvalue weighted by molar-refractivity contribution is 0.367. The van der Waals surface area contributed by atoms with Gasteiger partial charge in [0, 0.05) is 6.54 Å². The highest BCUT2D eigenvalue weighted by atomic mass is 16.5. The first-order valence-electron chi connectivity index (χ1n) is 4.66. The van der Waals surface area contributed by atoms with Gasteiger partial charge in [0.1, 0.15) is 11.8 Å². The van der Waals surface area contributed by atoms with E-state index in [1.54, 1.807) is 0 Å². The van der Waals surface area contributed by atoms with Crippen LogP contribution in [0.1, 0.15) is 12.5 Å². The van der Waals surface area contributed by atoms with Gasteiger partial charge in [0.05, 0.1) is 0 Å². The third-order valence-corrected chi connectivity index (χ3v) is 1.78. The van der Waals surface area contributed by atoms with E-state index in [9.17, 15) is 0 Å². The van der Waals surface area contributed by atoms with Crippen LogP contribution in [0.25, 0.3) is 0 Å². The van der Waals surface area contributed by atoms with Gasteiger partial charge >= 0.3 is 0 Å². The van der Waals surface area contributed by atoms with Gasteiger partial charge < -0.3 is 10.1 Å². The highest BCUT2D eigenvalue weighted by Crippen LogP contribution is 2.12. The largest absolute Gasteiger partial charge is 0.479 e. The smallest absolute Gasteiger partial charge is 0.174 e. The van der Waals surface area contributed by atoms with Gasteiger partial charge in [0.15, 0.2) is 6.61 Å². The molecule has 14 heavy (non-hydrogen) atoms. The zero-order valence-corrected chi connectivity index (χ0v) is 8.29. The standard InChI is InChI=1S/C11H14N2O/c1-2-13-9-10-4-3-5-11(8-10)14-7-6-12/h3-5,8,13H,2,7,9H2,1H3. The average molecular weight is 190 g/mol. The molecule has 1 rings (SSSR count). The topological polar surface area (TPSA) is 45.0 Å². The molecule has 0 unspecified atom stereocenters. The van der Waals surface area contributed by atoms with Crippen LogP contribution in [0.3, 0.4) is 0 Å². The van der Waals surface area contributed by atoms with E-state index in [0.29, 0.717) is 0 Å². The van der Waals surface area contributed by atoms with Crippen molar-refractivity contribution in [3.8, 4) is 11.8 Å². The Balaban J connectivity index is 2.55. The molecule has 3 heteroatoms. The van der Waals surface area contributed by atoms with Gasteiger partial charge in [-0.25, -0.2) is 0 Å². The fourth-order valence-electron chi connectivity index (χ4n) is 1.13. The van der Waals surface area contributed by atoms with Gasteiger partial charge in [-0.1, -0.05) is 19.1 Å². The van der Waals surface area contributed by atoms with Crippen LogP contribution in [0.2, 0.25) is 0 Å². The Bertz CT molecular complexity index is 317. The maximum atomic E-state index is 8.35. The number of hydrogen-bond donors (Lipinski definition) is 1. The molecule has 0 radical (unpaired) electrons. The molecular weight excluding hydrogens is 176 g/mol. The van der Waals surface area contributed by atoms with Crippen molar-refractivity contribution in [2.75, 3.05) is 13.2 Å². The first-order valence-corrected chi connectivity index (χ1v) is 4.66. The van der Waals surface area contributed by atoms with Crippen LogP contribution in [0.4, 0.5) is 0 Å². The fourth-order valence-corrected chi connectivity index (χ4v) is 1.13. The molecule has 1 aromatic carbocycles. The molecule has 74 valence electrons. The number of nitrogens with zero attached hydrogens (tertiary/aromatic N) is 1. The fraction of sp³-hybridized carbons (Fsp3) is 0.364. The van der Waals surface area contributed by atoms with Gasteiger partial charge in [-0.05, 0) is 24.2 Å². The van der Waals surface area contributed by atoms with E-state index >= 15 is 0 Å². The van der Waals surface area contributed by atoms with E-state index in [0.717, 1.165) is 18.8 Å². The van der Waals surface area contributed by atoms with Crippen molar-refractivity contribution < 1.29 is 4.74 Å². The second kappa shape index (κ2) is 6.01. The summed E-state index contributed by atoms with van der Waals surface area (Å²) in [6.45, 7) is 3.95. The molecule has 0 heterocycles. The maximum absolute atomic E-state index is 8.35. The molecule has 0 fully saturated rings. The summed E-state index contributed by atoms with van der Waals surface area (Å²) in [6, 6.07) is 9.70. The van der Waals surface area contributed by atoms with Crippen LogP contribution in [0.15, 0.2) is 24.3 Å². The van der Waals surface area contributed by atoms with Crippen LogP contribution in [-0.2, 0) is 6.54 Å². The Labute approximate surface area is 84.3 Å². The second-order valence-corrected chi connectivity index (χ2v) is 2.87. The normalized spacial score (nSPS) is 9.43.